The molecule has 0 unspecified atom stereocenters. The quantitative estimate of drug-likeness (QED) is 0.0384. The number of nitrogens with one attached hydrogen (secondary N) is 2. The zero-order chi connectivity index (χ0) is 49.5. The average molecular weight is 971 g/mol. The highest BCUT2D eigenvalue weighted by atomic mass is 15.2. The first kappa shape index (κ1) is 50.9. The van der Waals surface area contributed by atoms with Gasteiger partial charge in [0.15, 0.2) is 66.3 Å². The van der Waals surface area contributed by atoms with Gasteiger partial charge in [-0.2, -0.15) is 9.98 Å². The van der Waals surface area contributed by atoms with Gasteiger partial charge in [-0.3, -0.25) is 5.32 Å². The fourth-order valence-corrected chi connectivity index (χ4v) is 10.6. The van der Waals surface area contributed by atoms with E-state index in [-0.39, 0.29) is 0 Å². The second kappa shape index (κ2) is 25.6. The molecule has 72 heavy (non-hydrogen) atoms. The van der Waals surface area contributed by atoms with E-state index in [4.69, 9.17) is 29.9 Å². The Morgan fingerprint density at radius 3 is 1.42 bits per heavy atom. The molecule has 3 aromatic heterocycles. The minimum absolute atomic E-state index is 0.609. The minimum Gasteiger partial charge on any atom is -0.353 e. The lowest BCUT2D eigenvalue weighted by atomic mass is 10.1. The molecule has 378 valence electrons. The molecule has 0 aliphatic carbocycles. The number of aliphatic imine (C=N–C) groups is 5. The van der Waals surface area contributed by atoms with E-state index in [9.17, 15) is 0 Å². The van der Waals surface area contributed by atoms with Crippen molar-refractivity contribution in [3.63, 3.8) is 0 Å². The number of fused-ring (bicyclic) bond motifs is 17. The molecule has 0 fully saturated rings. The summed E-state index contributed by atoms with van der Waals surface area (Å²) in [5.74, 6) is 5.45. The van der Waals surface area contributed by atoms with Crippen molar-refractivity contribution in [2.24, 2.45) is 25.0 Å². The molecular weight excluding hydrogens is 889 g/mol. The topological polar surface area (TPSA) is 117 Å². The van der Waals surface area contributed by atoms with Crippen LogP contribution in [0.15, 0.2) is 98.8 Å². The molecule has 3 aromatic rings. The Morgan fingerprint density at radius 2 is 0.875 bits per heavy atom. The Labute approximate surface area is 429 Å². The lowest BCUT2D eigenvalue weighted by Gasteiger charge is -2.10. The third-order valence-electron chi connectivity index (χ3n) is 14.9. The van der Waals surface area contributed by atoms with Crippen molar-refractivity contribution in [3.8, 4) is 11.1 Å². The molecule has 6 aliphatic heterocycles. The van der Waals surface area contributed by atoms with Gasteiger partial charge < -0.3 is 4.57 Å². The highest BCUT2D eigenvalue weighted by Gasteiger charge is 2.37. The Bertz CT molecular complexity index is 2800. The SMILES string of the molecule is CCCCCCCCn1ccc2c3nc(c-2c1)N=C1N=C(N=C2N=C(N=C4[NH+]=C(N3)c3c[n+](CCCCCCCC)ccc34)c3c[n+](CCCCCCCC)ccc32)c2c[n+](CCCCCCCC)ccc21. The Kier molecular flexibility index (Phi) is 18.1. The van der Waals surface area contributed by atoms with Crippen molar-refractivity contribution in [3.05, 3.63) is 107 Å². The lowest BCUT2D eigenvalue weighted by Crippen LogP contribution is -2.76. The van der Waals surface area contributed by atoms with E-state index in [0.29, 0.717) is 29.2 Å². The second-order valence-corrected chi connectivity index (χ2v) is 20.7. The van der Waals surface area contributed by atoms with Crippen molar-refractivity contribution < 1.29 is 18.7 Å². The van der Waals surface area contributed by atoms with Crippen LogP contribution in [0.4, 0.5) is 11.6 Å². The van der Waals surface area contributed by atoms with Gasteiger partial charge >= 0.3 is 0 Å². The van der Waals surface area contributed by atoms with Crippen molar-refractivity contribution >= 4 is 46.6 Å². The van der Waals surface area contributed by atoms with E-state index in [2.05, 4.69) is 130 Å². The number of pyridine rings is 4. The number of unbranched alkanes of at least 4 members (excludes halogenated alkanes) is 20. The Balaban J connectivity index is 1.13. The third-order valence-corrected chi connectivity index (χ3v) is 14.9. The number of rotatable bonds is 28. The summed E-state index contributed by atoms with van der Waals surface area (Å²) >= 11 is 0. The predicted molar refractivity (Wildman–Crippen MR) is 293 cm³/mol. The number of hydrogen-bond acceptors (Lipinski definition) is 7. The molecular formula is C60H82N12+4. The molecule has 0 spiro atoms. The summed E-state index contributed by atoms with van der Waals surface area (Å²) in [6.07, 6.45) is 47.7. The second-order valence-electron chi connectivity index (χ2n) is 20.7. The van der Waals surface area contributed by atoms with Crippen LogP contribution >= 0.6 is 0 Å². The van der Waals surface area contributed by atoms with Crippen LogP contribution in [0.1, 0.15) is 215 Å². The van der Waals surface area contributed by atoms with Crippen LogP contribution in [0.5, 0.6) is 0 Å². The van der Waals surface area contributed by atoms with Gasteiger partial charge in [0.25, 0.3) is 5.84 Å². The molecule has 0 radical (unpaired) electrons. The van der Waals surface area contributed by atoms with Crippen molar-refractivity contribution in [1.82, 2.24) is 9.55 Å². The van der Waals surface area contributed by atoms with Gasteiger partial charge in [0, 0.05) is 78.7 Å². The molecule has 0 atom stereocenters. The van der Waals surface area contributed by atoms with Gasteiger partial charge in [-0.25, -0.2) is 33.7 Å². The molecule has 6 aliphatic rings. The number of hydrogen-bond donors (Lipinski definition) is 2. The third kappa shape index (κ3) is 12.6. The number of aryl methyl sites for hydroxylation is 4. The van der Waals surface area contributed by atoms with Gasteiger partial charge in [-0.15, -0.1) is 0 Å². The molecule has 0 aromatic carbocycles. The van der Waals surface area contributed by atoms with Gasteiger partial charge in [-0.05, 0) is 31.7 Å². The summed E-state index contributed by atoms with van der Waals surface area (Å²) < 4.78 is 9.24. The standard InChI is InChI=1S/C60H81N12/c1-5-9-13-17-21-25-33-69-37-29-45-49(41-69)57-61-53(45)66-58-51-43-71(35-27-23-19-15-11-7-3)39-31-47(51)55(63-58)68-60-52-44-72(36-28-24-20-16-12-8-4)40-32-48(52)56(64-60)67-59-50-42-70(34-26-22-18-14-10-6-2)38-30-46(50)54(62-59)65-57/h29-32,37-44H,5-28,33-36H2,1-4H3,(H,61,62,63,64,65,66,67,68)/q+3/p+1. The lowest BCUT2D eigenvalue weighted by molar-refractivity contribution is -0.697. The maximum atomic E-state index is 5.44. The zero-order valence-electron chi connectivity index (χ0n) is 44.2. The molecule has 0 saturated carbocycles. The first-order valence-corrected chi connectivity index (χ1v) is 28.5. The van der Waals surface area contributed by atoms with Crippen LogP contribution in [0, 0.1) is 0 Å². The fourth-order valence-electron chi connectivity index (χ4n) is 10.6. The number of amidine groups is 6. The molecule has 12 nitrogen and oxygen atoms in total. The van der Waals surface area contributed by atoms with E-state index in [0.717, 1.165) is 114 Å². The van der Waals surface area contributed by atoms with E-state index in [1.165, 1.54) is 128 Å². The first-order valence-electron chi connectivity index (χ1n) is 28.5. The van der Waals surface area contributed by atoms with Crippen molar-refractivity contribution in [1.29, 1.82) is 0 Å². The van der Waals surface area contributed by atoms with Crippen LogP contribution in [0.25, 0.3) is 11.1 Å². The van der Waals surface area contributed by atoms with Gasteiger partial charge in [-0.1, -0.05) is 142 Å². The van der Waals surface area contributed by atoms with E-state index >= 15 is 0 Å². The van der Waals surface area contributed by atoms with Crippen molar-refractivity contribution in [2.75, 3.05) is 5.32 Å². The van der Waals surface area contributed by atoms with Crippen LogP contribution in [0.3, 0.4) is 0 Å². The summed E-state index contributed by atoms with van der Waals surface area (Å²) in [5, 5.41) is 3.81. The first-order chi connectivity index (χ1) is 35.5. The molecule has 0 amide bonds. The summed E-state index contributed by atoms with van der Waals surface area (Å²) in [6.45, 7) is 12.9. The molecule has 12 heteroatoms. The molecule has 9 rings (SSSR count). The van der Waals surface area contributed by atoms with Gasteiger partial charge in [0.1, 0.15) is 30.8 Å². The summed E-state index contributed by atoms with van der Waals surface area (Å²) in [4.78, 5) is 35.9. The molecule has 9 heterocycles. The number of aromatic nitrogens is 5. The predicted octanol–water partition coefficient (Wildman–Crippen LogP) is 11.1. The molecule has 2 N–H and O–H groups in total. The van der Waals surface area contributed by atoms with Crippen LogP contribution in [-0.4, -0.2) is 44.6 Å². The van der Waals surface area contributed by atoms with E-state index in [1.54, 1.807) is 0 Å². The summed E-state index contributed by atoms with van der Waals surface area (Å²) in [5.41, 5.74) is 7.90. The normalized spacial score (nSPS) is 14.3. The van der Waals surface area contributed by atoms with Crippen molar-refractivity contribution in [2.45, 2.75) is 208 Å². The zero-order valence-corrected chi connectivity index (χ0v) is 44.2. The smallest absolute Gasteiger partial charge is 0.271 e. The van der Waals surface area contributed by atoms with E-state index < -0.39 is 0 Å². The largest absolute Gasteiger partial charge is 0.353 e. The fraction of sp³-hybridized carbons (Fsp3) is 0.533. The average Bonchev–Trinajstić information content (AvgIpc) is 4.13. The van der Waals surface area contributed by atoms with Gasteiger partial charge in [0.05, 0.1) is 11.1 Å². The maximum Gasteiger partial charge on any atom is 0.271 e. The monoisotopic (exact) mass is 971 g/mol. The molecule has 0 saturated heterocycles. The maximum absolute atomic E-state index is 5.44. The van der Waals surface area contributed by atoms with Gasteiger partial charge in [0.2, 0.25) is 11.7 Å². The van der Waals surface area contributed by atoms with E-state index in [1.807, 2.05) is 0 Å². The minimum atomic E-state index is 0.609. The Hall–Kier alpha value is -6.04. The highest BCUT2D eigenvalue weighted by molar-refractivity contribution is 6.31. The molecule has 8 bridgehead atoms. The Morgan fingerprint density at radius 1 is 0.431 bits per heavy atom. The van der Waals surface area contributed by atoms with Crippen LogP contribution in [-0.2, 0) is 26.2 Å². The number of anilines is 1. The summed E-state index contributed by atoms with van der Waals surface area (Å²) in [7, 11) is 0. The number of nitrogens with zero attached hydrogens (tertiary/aromatic N) is 10. The highest BCUT2D eigenvalue weighted by Crippen LogP contribution is 2.40. The van der Waals surface area contributed by atoms with Crippen LogP contribution < -0.4 is 24.0 Å². The summed E-state index contributed by atoms with van der Waals surface area (Å²) in [6, 6.07) is 8.76. The van der Waals surface area contributed by atoms with Crippen LogP contribution in [0.2, 0.25) is 0 Å².